The molecule has 0 aliphatic heterocycles. The third-order valence-corrected chi connectivity index (χ3v) is 8.13. The van der Waals surface area contributed by atoms with Crippen molar-refractivity contribution in [2.24, 2.45) is 34.3 Å². The molecule has 0 aromatic rings. The van der Waals surface area contributed by atoms with Crippen LogP contribution in [-0.4, -0.2) is 6.54 Å². The van der Waals surface area contributed by atoms with Gasteiger partial charge in [-0.15, -0.1) is 0 Å². The van der Waals surface area contributed by atoms with Gasteiger partial charge in [-0.05, 0) is 86.2 Å². The Kier molecular flexibility index (Phi) is 5.36. The summed E-state index contributed by atoms with van der Waals surface area (Å²) in [6.45, 7) is 14.7. The van der Waals surface area contributed by atoms with Crippen molar-refractivity contribution in [3.63, 3.8) is 0 Å². The summed E-state index contributed by atoms with van der Waals surface area (Å²) in [5.41, 5.74) is 11.3. The van der Waals surface area contributed by atoms with E-state index in [0.29, 0.717) is 10.8 Å². The second-order valence-corrected chi connectivity index (χ2v) is 9.49. The third-order valence-electron chi connectivity index (χ3n) is 8.13. The maximum absolute atomic E-state index is 5.98. The van der Waals surface area contributed by atoms with Crippen molar-refractivity contribution in [1.29, 1.82) is 0 Å². The quantitative estimate of drug-likeness (QED) is 0.554. The molecule has 0 heterocycles. The van der Waals surface area contributed by atoms with Gasteiger partial charge in [0.05, 0.1) is 0 Å². The molecule has 1 nitrogen and oxygen atoms in total. The Hall–Kier alpha value is -0.820. The van der Waals surface area contributed by atoms with Crippen LogP contribution in [0.1, 0.15) is 79.1 Å². The van der Waals surface area contributed by atoms with Crippen LogP contribution in [0.25, 0.3) is 0 Å². The van der Waals surface area contributed by atoms with Gasteiger partial charge in [-0.3, -0.25) is 0 Å². The fourth-order valence-electron chi connectivity index (χ4n) is 6.82. The molecule has 5 unspecified atom stereocenters. The molecule has 0 aromatic carbocycles. The molecule has 3 aliphatic carbocycles. The lowest BCUT2D eigenvalue weighted by molar-refractivity contribution is -0.0113. The first-order valence-electron chi connectivity index (χ1n) is 10.6. The van der Waals surface area contributed by atoms with Crippen LogP contribution in [-0.2, 0) is 0 Å². The zero-order valence-electron chi connectivity index (χ0n) is 17.0. The van der Waals surface area contributed by atoms with Crippen molar-refractivity contribution in [3.05, 3.63) is 35.5 Å². The van der Waals surface area contributed by atoms with Gasteiger partial charge in [-0.25, -0.2) is 0 Å². The zero-order valence-corrected chi connectivity index (χ0v) is 17.0. The first-order valence-corrected chi connectivity index (χ1v) is 10.6. The maximum atomic E-state index is 5.98. The third kappa shape index (κ3) is 2.97. The molecule has 1 saturated carbocycles. The van der Waals surface area contributed by atoms with E-state index in [4.69, 9.17) is 5.73 Å². The van der Waals surface area contributed by atoms with Crippen LogP contribution < -0.4 is 5.73 Å². The lowest BCUT2D eigenvalue weighted by Gasteiger charge is -2.56. The summed E-state index contributed by atoms with van der Waals surface area (Å²) in [6, 6.07) is 0. The van der Waals surface area contributed by atoms with E-state index in [9.17, 15) is 0 Å². The van der Waals surface area contributed by atoms with Gasteiger partial charge in [-0.1, -0.05) is 63.5 Å². The molecule has 2 N–H and O–H groups in total. The van der Waals surface area contributed by atoms with Crippen molar-refractivity contribution in [2.75, 3.05) is 6.54 Å². The zero-order chi connectivity index (χ0) is 18.2. The van der Waals surface area contributed by atoms with Crippen LogP contribution in [0.2, 0.25) is 0 Å². The lowest BCUT2D eigenvalue weighted by Crippen LogP contribution is -2.48. The molecule has 0 saturated heterocycles. The average Bonchev–Trinajstić information content (AvgIpc) is 2.93. The number of hydrogen-bond acceptors (Lipinski definition) is 1. The van der Waals surface area contributed by atoms with Gasteiger partial charge in [0.2, 0.25) is 0 Å². The Morgan fingerprint density at radius 3 is 2.64 bits per heavy atom. The van der Waals surface area contributed by atoms with Gasteiger partial charge in [-0.2, -0.15) is 0 Å². The van der Waals surface area contributed by atoms with Crippen LogP contribution in [0.15, 0.2) is 35.5 Å². The molecule has 0 amide bonds. The summed E-state index contributed by atoms with van der Waals surface area (Å²) in [6.07, 6.45) is 15.5. The summed E-state index contributed by atoms with van der Waals surface area (Å²) >= 11 is 0. The molecule has 0 bridgehead atoms. The van der Waals surface area contributed by atoms with E-state index in [-0.39, 0.29) is 0 Å². The maximum Gasteiger partial charge on any atom is -0.00397 e. The highest BCUT2D eigenvalue weighted by molar-refractivity contribution is 5.39. The Morgan fingerprint density at radius 2 is 2.00 bits per heavy atom. The van der Waals surface area contributed by atoms with Gasteiger partial charge in [0.1, 0.15) is 0 Å². The first-order chi connectivity index (χ1) is 11.9. The van der Waals surface area contributed by atoms with E-state index in [1.165, 1.54) is 50.5 Å². The number of unbranched alkanes of at least 4 members (excludes halogenated alkanes) is 1. The van der Waals surface area contributed by atoms with E-state index in [2.05, 4.69) is 46.4 Å². The summed E-state index contributed by atoms with van der Waals surface area (Å²) in [5, 5.41) is 0. The molecule has 0 aromatic heterocycles. The van der Waals surface area contributed by atoms with Crippen LogP contribution >= 0.6 is 0 Å². The molecule has 1 heteroatoms. The minimum atomic E-state index is 0.373. The van der Waals surface area contributed by atoms with Crippen molar-refractivity contribution < 1.29 is 0 Å². The number of allylic oxidation sites excluding steroid dienone is 4. The van der Waals surface area contributed by atoms with Gasteiger partial charge < -0.3 is 5.73 Å². The van der Waals surface area contributed by atoms with E-state index < -0.39 is 0 Å². The summed E-state index contributed by atoms with van der Waals surface area (Å²) in [5.74, 6) is 2.51. The molecule has 3 aliphatic rings. The van der Waals surface area contributed by atoms with Gasteiger partial charge in [0.25, 0.3) is 0 Å². The Labute approximate surface area is 155 Å². The second kappa shape index (κ2) is 7.06. The molecule has 25 heavy (non-hydrogen) atoms. The minimum absolute atomic E-state index is 0.373. The number of fused-ring (bicyclic) bond motifs is 3. The molecule has 140 valence electrons. The standard InChI is InChI=1S/C24H39N/c1-6-7-14-23(4)18(13-16-25)8-9-19-21-11-10-20(17(2)3)24(21,5)15-12-22(19)23/h8,10,19,21-22H,2,6-7,9,11-16,25H2,1,3-5H3. The molecule has 0 radical (unpaired) electrons. The molecular formula is C24H39N. The fourth-order valence-corrected chi connectivity index (χ4v) is 6.82. The normalized spacial score (nSPS) is 40.1. The topological polar surface area (TPSA) is 26.0 Å². The number of rotatable bonds is 6. The van der Waals surface area contributed by atoms with Gasteiger partial charge >= 0.3 is 0 Å². The summed E-state index contributed by atoms with van der Waals surface area (Å²) in [4.78, 5) is 0. The SMILES string of the molecule is C=C(C)C1=CCC2C3CC=C(CCN)C(C)(CCCC)C3CCC12C. The Bertz CT molecular complexity index is 583. The Balaban J connectivity index is 1.92. The highest BCUT2D eigenvalue weighted by atomic mass is 14.6. The van der Waals surface area contributed by atoms with Gasteiger partial charge in [0.15, 0.2) is 0 Å². The van der Waals surface area contributed by atoms with E-state index in [0.717, 1.165) is 30.7 Å². The van der Waals surface area contributed by atoms with Crippen LogP contribution in [0.5, 0.6) is 0 Å². The largest absolute Gasteiger partial charge is 0.330 e. The first kappa shape index (κ1) is 19.0. The van der Waals surface area contributed by atoms with Gasteiger partial charge in [0, 0.05) is 0 Å². The molecule has 1 fully saturated rings. The Morgan fingerprint density at radius 1 is 1.24 bits per heavy atom. The number of nitrogens with two attached hydrogens (primary N) is 1. The number of hydrogen-bond donors (Lipinski definition) is 1. The van der Waals surface area contributed by atoms with Crippen molar-refractivity contribution >= 4 is 0 Å². The summed E-state index contributed by atoms with van der Waals surface area (Å²) < 4.78 is 0. The molecular weight excluding hydrogens is 302 g/mol. The monoisotopic (exact) mass is 341 g/mol. The van der Waals surface area contributed by atoms with E-state index in [1.807, 2.05) is 0 Å². The van der Waals surface area contributed by atoms with E-state index in [1.54, 1.807) is 11.1 Å². The van der Waals surface area contributed by atoms with E-state index >= 15 is 0 Å². The van der Waals surface area contributed by atoms with Crippen molar-refractivity contribution in [1.82, 2.24) is 0 Å². The lowest BCUT2D eigenvalue weighted by atomic mass is 9.48. The minimum Gasteiger partial charge on any atom is -0.330 e. The highest BCUT2D eigenvalue weighted by Crippen LogP contribution is 2.64. The second-order valence-electron chi connectivity index (χ2n) is 9.49. The van der Waals surface area contributed by atoms with Crippen molar-refractivity contribution in [3.8, 4) is 0 Å². The fraction of sp³-hybridized carbons (Fsp3) is 0.750. The summed E-state index contributed by atoms with van der Waals surface area (Å²) in [7, 11) is 0. The molecule has 3 rings (SSSR count). The van der Waals surface area contributed by atoms with Crippen LogP contribution in [0, 0.1) is 28.6 Å². The van der Waals surface area contributed by atoms with Crippen LogP contribution in [0.4, 0.5) is 0 Å². The predicted molar refractivity (Wildman–Crippen MR) is 109 cm³/mol. The molecule has 5 atom stereocenters. The van der Waals surface area contributed by atoms with Crippen molar-refractivity contribution in [2.45, 2.75) is 79.1 Å². The van der Waals surface area contributed by atoms with Crippen LogP contribution in [0.3, 0.4) is 0 Å². The smallest absolute Gasteiger partial charge is 0.00397 e. The average molecular weight is 342 g/mol. The molecule has 0 spiro atoms. The highest BCUT2D eigenvalue weighted by Gasteiger charge is 2.55. The predicted octanol–water partition coefficient (Wildman–Crippen LogP) is 6.42.